The first-order valence-electron chi connectivity index (χ1n) is 7.13. The van der Waals surface area contributed by atoms with Crippen molar-refractivity contribution in [1.29, 1.82) is 0 Å². The minimum Gasteiger partial charge on any atom is -0.481 e. The van der Waals surface area contributed by atoms with Gasteiger partial charge in [-0.25, -0.2) is 4.39 Å². The number of aromatic nitrogens is 2. The van der Waals surface area contributed by atoms with E-state index >= 15 is 0 Å². The predicted octanol–water partition coefficient (Wildman–Crippen LogP) is 1.62. The van der Waals surface area contributed by atoms with E-state index in [9.17, 15) is 19.1 Å². The summed E-state index contributed by atoms with van der Waals surface area (Å²) in [6, 6.07) is 7.06. The van der Waals surface area contributed by atoms with Crippen LogP contribution >= 0.6 is 0 Å². The number of carbonyl (C=O) groups is 2. The van der Waals surface area contributed by atoms with Crippen LogP contribution in [-0.2, 0) is 16.1 Å². The molecule has 1 unspecified atom stereocenters. The third kappa shape index (κ3) is 4.38. The molecule has 0 radical (unpaired) electrons. The van der Waals surface area contributed by atoms with E-state index in [0.29, 0.717) is 5.56 Å². The fraction of sp³-hybridized carbons (Fsp3) is 0.312. The summed E-state index contributed by atoms with van der Waals surface area (Å²) >= 11 is 0. The Morgan fingerprint density at radius 3 is 2.48 bits per heavy atom. The lowest BCUT2D eigenvalue weighted by Crippen LogP contribution is -2.34. The van der Waals surface area contributed by atoms with Crippen molar-refractivity contribution in [3.8, 4) is 0 Å². The van der Waals surface area contributed by atoms with Crippen LogP contribution in [0.25, 0.3) is 0 Å². The van der Waals surface area contributed by atoms with Crippen LogP contribution in [0.2, 0.25) is 0 Å². The molecule has 0 fully saturated rings. The van der Waals surface area contributed by atoms with Crippen LogP contribution in [0.15, 0.2) is 30.3 Å². The highest BCUT2D eigenvalue weighted by atomic mass is 19.1. The lowest BCUT2D eigenvalue weighted by molar-refractivity contribution is -0.138. The number of carbonyl (C=O) groups excluding carboxylic acids is 1. The molecule has 0 bridgehead atoms. The number of halogens is 1. The van der Waals surface area contributed by atoms with Gasteiger partial charge in [0.2, 0.25) is 5.91 Å². The van der Waals surface area contributed by atoms with Crippen molar-refractivity contribution < 1.29 is 19.1 Å². The van der Waals surface area contributed by atoms with Crippen LogP contribution in [0.3, 0.4) is 0 Å². The minimum atomic E-state index is -1.08. The van der Waals surface area contributed by atoms with E-state index in [-0.39, 0.29) is 19.0 Å². The van der Waals surface area contributed by atoms with Crippen LogP contribution in [0.5, 0.6) is 0 Å². The molecule has 2 aromatic rings. The summed E-state index contributed by atoms with van der Waals surface area (Å²) in [7, 11) is 0. The molecule has 2 N–H and O–H groups in total. The molecule has 1 heterocycles. The highest BCUT2D eigenvalue weighted by Crippen LogP contribution is 2.16. The maximum Gasteiger partial charge on any atom is 0.312 e. The molecule has 0 saturated carbocycles. The third-order valence-electron chi connectivity index (χ3n) is 3.47. The lowest BCUT2D eigenvalue weighted by Gasteiger charge is -2.14. The van der Waals surface area contributed by atoms with Gasteiger partial charge in [-0.3, -0.25) is 14.3 Å². The van der Waals surface area contributed by atoms with Gasteiger partial charge in [-0.05, 0) is 37.6 Å². The maximum atomic E-state index is 12.9. The van der Waals surface area contributed by atoms with E-state index in [1.54, 1.807) is 4.68 Å². The van der Waals surface area contributed by atoms with Gasteiger partial charge in [0, 0.05) is 12.2 Å². The van der Waals surface area contributed by atoms with Crippen molar-refractivity contribution in [3.63, 3.8) is 0 Å². The molecular formula is C16H18FN3O3. The van der Waals surface area contributed by atoms with Crippen LogP contribution in [0, 0.1) is 19.7 Å². The number of aliphatic carboxylic acids is 1. The van der Waals surface area contributed by atoms with Crippen molar-refractivity contribution in [2.24, 2.45) is 0 Å². The van der Waals surface area contributed by atoms with Gasteiger partial charge in [-0.15, -0.1) is 0 Å². The van der Waals surface area contributed by atoms with E-state index in [0.717, 1.165) is 11.4 Å². The second-order valence-corrected chi connectivity index (χ2v) is 5.33. The zero-order valence-electron chi connectivity index (χ0n) is 12.9. The Morgan fingerprint density at radius 2 is 1.96 bits per heavy atom. The monoisotopic (exact) mass is 319 g/mol. The molecule has 7 heteroatoms. The molecule has 1 aromatic carbocycles. The summed E-state index contributed by atoms with van der Waals surface area (Å²) in [5.41, 5.74) is 2.10. The van der Waals surface area contributed by atoms with Crippen LogP contribution in [-0.4, -0.2) is 33.3 Å². The third-order valence-corrected chi connectivity index (χ3v) is 3.47. The second-order valence-electron chi connectivity index (χ2n) is 5.33. The number of amides is 1. The quantitative estimate of drug-likeness (QED) is 0.847. The number of hydrogen-bond acceptors (Lipinski definition) is 3. The summed E-state index contributed by atoms with van der Waals surface area (Å²) in [5, 5.41) is 16.0. The fourth-order valence-corrected chi connectivity index (χ4v) is 2.29. The van der Waals surface area contributed by atoms with E-state index in [1.807, 2.05) is 19.9 Å². The van der Waals surface area contributed by atoms with Gasteiger partial charge in [-0.1, -0.05) is 12.1 Å². The first-order chi connectivity index (χ1) is 10.9. The van der Waals surface area contributed by atoms with Gasteiger partial charge in [0.15, 0.2) is 0 Å². The highest BCUT2D eigenvalue weighted by molar-refractivity contribution is 5.79. The number of carboxylic acid groups (broad SMARTS) is 1. The molecule has 1 aromatic heterocycles. The summed E-state index contributed by atoms with van der Waals surface area (Å²) in [5.74, 6) is -2.78. The molecule has 0 spiro atoms. The van der Waals surface area contributed by atoms with E-state index in [2.05, 4.69) is 10.4 Å². The average Bonchev–Trinajstić information content (AvgIpc) is 2.78. The summed E-state index contributed by atoms with van der Waals surface area (Å²) in [6.45, 7) is 3.62. The number of rotatable bonds is 6. The summed E-state index contributed by atoms with van der Waals surface area (Å²) < 4.78 is 14.5. The van der Waals surface area contributed by atoms with Gasteiger partial charge in [0.1, 0.15) is 12.4 Å². The standard InChI is InChI=1S/C16H18FN3O3/c1-10-7-11(2)20(19-10)9-15(21)18-8-14(16(22)23)12-3-5-13(17)6-4-12/h3-7,14H,8-9H2,1-2H3,(H,18,21)(H,22,23). The number of benzene rings is 1. The molecule has 6 nitrogen and oxygen atoms in total. The Balaban J connectivity index is 1.98. The van der Waals surface area contributed by atoms with Crippen LogP contribution in [0.4, 0.5) is 4.39 Å². The second kappa shape index (κ2) is 7.04. The van der Waals surface area contributed by atoms with E-state index in [1.165, 1.54) is 24.3 Å². The zero-order valence-corrected chi connectivity index (χ0v) is 12.9. The molecule has 1 atom stereocenters. The van der Waals surface area contributed by atoms with Gasteiger partial charge < -0.3 is 10.4 Å². The van der Waals surface area contributed by atoms with Crippen molar-refractivity contribution in [2.45, 2.75) is 26.3 Å². The fourth-order valence-electron chi connectivity index (χ4n) is 2.29. The minimum absolute atomic E-state index is 0.0232. The Hall–Kier alpha value is -2.70. The van der Waals surface area contributed by atoms with Gasteiger partial charge >= 0.3 is 5.97 Å². The molecule has 1 amide bonds. The normalized spacial score (nSPS) is 12.0. The largest absolute Gasteiger partial charge is 0.481 e. The van der Waals surface area contributed by atoms with Gasteiger partial charge in [0.05, 0.1) is 11.6 Å². The van der Waals surface area contributed by atoms with Crippen LogP contribution < -0.4 is 5.32 Å². The number of nitrogens with one attached hydrogen (secondary N) is 1. The molecule has 0 aliphatic carbocycles. The number of carboxylic acids is 1. The van der Waals surface area contributed by atoms with Crippen molar-refractivity contribution in [1.82, 2.24) is 15.1 Å². The smallest absolute Gasteiger partial charge is 0.312 e. The molecule has 0 saturated heterocycles. The van der Waals surface area contributed by atoms with Gasteiger partial charge in [-0.2, -0.15) is 5.10 Å². The Kier molecular flexibility index (Phi) is 5.10. The molecule has 0 aliphatic heterocycles. The first kappa shape index (κ1) is 16.7. The molecule has 122 valence electrons. The van der Waals surface area contributed by atoms with E-state index < -0.39 is 17.7 Å². The Labute approximate surface area is 132 Å². The zero-order chi connectivity index (χ0) is 17.0. The van der Waals surface area contributed by atoms with E-state index in [4.69, 9.17) is 0 Å². The average molecular weight is 319 g/mol. The van der Waals surface area contributed by atoms with Crippen molar-refractivity contribution >= 4 is 11.9 Å². The maximum absolute atomic E-state index is 12.9. The number of nitrogens with zero attached hydrogens (tertiary/aromatic N) is 2. The first-order valence-corrected chi connectivity index (χ1v) is 7.13. The topological polar surface area (TPSA) is 84.2 Å². The highest BCUT2D eigenvalue weighted by Gasteiger charge is 2.21. The molecule has 2 rings (SSSR count). The summed E-state index contributed by atoms with van der Waals surface area (Å²) in [6.07, 6.45) is 0. The lowest BCUT2D eigenvalue weighted by atomic mass is 9.99. The van der Waals surface area contributed by atoms with Gasteiger partial charge in [0.25, 0.3) is 0 Å². The summed E-state index contributed by atoms with van der Waals surface area (Å²) in [4.78, 5) is 23.3. The van der Waals surface area contributed by atoms with Crippen LogP contribution in [0.1, 0.15) is 22.9 Å². The molecular weight excluding hydrogens is 301 g/mol. The number of aryl methyl sites for hydroxylation is 2. The Morgan fingerprint density at radius 1 is 1.30 bits per heavy atom. The van der Waals surface area contributed by atoms with Crippen molar-refractivity contribution in [3.05, 3.63) is 53.1 Å². The number of hydrogen-bond donors (Lipinski definition) is 2. The SMILES string of the molecule is Cc1cc(C)n(CC(=O)NCC(C(=O)O)c2ccc(F)cc2)n1. The molecule has 23 heavy (non-hydrogen) atoms. The predicted molar refractivity (Wildman–Crippen MR) is 81.5 cm³/mol. The van der Waals surface area contributed by atoms with Crippen molar-refractivity contribution in [2.75, 3.05) is 6.54 Å². The molecule has 0 aliphatic rings. The Bertz CT molecular complexity index is 710.